The van der Waals surface area contributed by atoms with Crippen molar-refractivity contribution in [1.82, 2.24) is 5.32 Å². The predicted octanol–water partition coefficient (Wildman–Crippen LogP) is 7.65. The Balaban J connectivity index is 1.26. The third-order valence-corrected chi connectivity index (χ3v) is 6.33. The number of unbranched alkanes of at least 4 members (excludes halogenated alkanes) is 1. The van der Waals surface area contributed by atoms with Crippen molar-refractivity contribution in [3.05, 3.63) is 125 Å². The highest BCUT2D eigenvalue weighted by atomic mass is 19.4. The minimum absolute atomic E-state index is 0.0311. The summed E-state index contributed by atoms with van der Waals surface area (Å²) in [6.45, 7) is 0.445. The topological polar surface area (TPSA) is 58.2 Å². The number of carbonyl (C=O) groups excluding carboxylic acids is 2. The minimum Gasteiger partial charge on any atom is -0.352 e. The van der Waals surface area contributed by atoms with Crippen LogP contribution in [0.4, 0.5) is 18.9 Å². The lowest BCUT2D eigenvalue weighted by atomic mass is 10.0. The van der Waals surface area contributed by atoms with Crippen LogP contribution in [-0.4, -0.2) is 11.8 Å². The maximum absolute atomic E-state index is 12.8. The zero-order valence-electron chi connectivity index (χ0n) is 21.3. The van der Waals surface area contributed by atoms with Crippen molar-refractivity contribution >= 4 is 17.5 Å². The van der Waals surface area contributed by atoms with Crippen molar-refractivity contribution in [2.45, 2.75) is 38.4 Å². The summed E-state index contributed by atoms with van der Waals surface area (Å²) >= 11 is 0. The molecule has 4 aromatic rings. The summed E-state index contributed by atoms with van der Waals surface area (Å²) in [5.41, 5.74) is 3.92. The number of halogens is 3. The Morgan fingerprint density at radius 2 is 1.41 bits per heavy atom. The molecule has 0 radical (unpaired) electrons. The molecule has 4 aromatic carbocycles. The van der Waals surface area contributed by atoms with E-state index in [0.29, 0.717) is 18.7 Å². The van der Waals surface area contributed by atoms with Gasteiger partial charge in [0.15, 0.2) is 0 Å². The first-order valence-electron chi connectivity index (χ1n) is 12.8. The highest BCUT2D eigenvalue weighted by Crippen LogP contribution is 2.29. The number of hydrogen-bond acceptors (Lipinski definition) is 2. The molecule has 4 rings (SSSR count). The van der Waals surface area contributed by atoms with Gasteiger partial charge in [0.25, 0.3) is 5.91 Å². The highest BCUT2D eigenvalue weighted by molar-refractivity contribution is 6.04. The van der Waals surface area contributed by atoms with Crippen LogP contribution in [0.25, 0.3) is 11.1 Å². The van der Waals surface area contributed by atoms with Gasteiger partial charge in [-0.25, -0.2) is 0 Å². The van der Waals surface area contributed by atoms with Gasteiger partial charge in [-0.15, -0.1) is 0 Å². The normalized spacial score (nSPS) is 11.2. The first-order valence-corrected chi connectivity index (χ1v) is 12.8. The monoisotopic (exact) mass is 530 g/mol. The molecule has 0 saturated carbocycles. The summed E-state index contributed by atoms with van der Waals surface area (Å²) in [5.74, 6) is -0.462. The molecule has 200 valence electrons. The fourth-order valence-electron chi connectivity index (χ4n) is 4.15. The van der Waals surface area contributed by atoms with Crippen LogP contribution in [0.5, 0.6) is 0 Å². The molecule has 0 bridgehead atoms. The Bertz CT molecular complexity index is 1380. The molecule has 0 aliphatic carbocycles. The zero-order valence-corrected chi connectivity index (χ0v) is 21.3. The number of benzene rings is 4. The number of amides is 2. The molecular weight excluding hydrogens is 501 g/mol. The smallest absolute Gasteiger partial charge is 0.352 e. The average Bonchev–Trinajstić information content (AvgIpc) is 2.95. The molecule has 0 spiro atoms. The molecular formula is C32H29F3N2O2. The van der Waals surface area contributed by atoms with Crippen molar-refractivity contribution in [3.8, 4) is 11.1 Å². The molecule has 39 heavy (non-hydrogen) atoms. The van der Waals surface area contributed by atoms with E-state index in [1.807, 2.05) is 48.5 Å². The Morgan fingerprint density at radius 3 is 2.10 bits per heavy atom. The lowest BCUT2D eigenvalue weighted by Crippen LogP contribution is -2.22. The number of hydrogen-bond donors (Lipinski definition) is 2. The quantitative estimate of drug-likeness (QED) is 0.207. The molecule has 0 fully saturated rings. The standard InChI is InChI=1S/C32H29F3N2O2/c33-32(34,35)28-19-17-26(18-20-28)31(39)37-29-11-6-10-27(21-29)25-15-13-24(14-16-25)22-36-30(38)12-5-4-9-23-7-2-1-3-8-23/h1-3,6-8,10-11,13-21H,4-5,9,12,22H2,(H,36,38)(H,37,39). The second kappa shape index (κ2) is 12.9. The maximum atomic E-state index is 12.8. The lowest BCUT2D eigenvalue weighted by Gasteiger charge is -2.10. The number of aryl methyl sites for hydroxylation is 1. The lowest BCUT2D eigenvalue weighted by molar-refractivity contribution is -0.137. The van der Waals surface area contributed by atoms with E-state index in [1.54, 1.807) is 18.2 Å². The van der Waals surface area contributed by atoms with Crippen molar-refractivity contribution in [2.24, 2.45) is 0 Å². The second-order valence-corrected chi connectivity index (χ2v) is 9.28. The van der Waals surface area contributed by atoms with Crippen molar-refractivity contribution in [2.75, 3.05) is 5.32 Å². The summed E-state index contributed by atoms with van der Waals surface area (Å²) in [4.78, 5) is 24.7. The zero-order chi connectivity index (χ0) is 27.7. The van der Waals surface area contributed by atoms with Crippen LogP contribution in [0.15, 0.2) is 103 Å². The van der Waals surface area contributed by atoms with Crippen LogP contribution in [0.1, 0.15) is 46.3 Å². The van der Waals surface area contributed by atoms with E-state index in [1.165, 1.54) is 5.56 Å². The van der Waals surface area contributed by atoms with Gasteiger partial charge in [-0.05, 0) is 77.9 Å². The van der Waals surface area contributed by atoms with Gasteiger partial charge in [0.1, 0.15) is 0 Å². The number of anilines is 1. The summed E-state index contributed by atoms with van der Waals surface area (Å²) in [6, 6.07) is 29.3. The third kappa shape index (κ3) is 8.30. The van der Waals surface area contributed by atoms with Gasteiger partial charge < -0.3 is 10.6 Å². The molecule has 0 aliphatic heterocycles. The van der Waals surface area contributed by atoms with E-state index in [2.05, 4.69) is 22.8 Å². The van der Waals surface area contributed by atoms with Crippen LogP contribution < -0.4 is 10.6 Å². The molecule has 2 N–H and O–H groups in total. The van der Waals surface area contributed by atoms with Gasteiger partial charge >= 0.3 is 6.18 Å². The van der Waals surface area contributed by atoms with Gasteiger partial charge in [-0.1, -0.05) is 66.7 Å². The number of carbonyl (C=O) groups is 2. The van der Waals surface area contributed by atoms with Crippen LogP contribution in [0, 0.1) is 0 Å². The first-order chi connectivity index (χ1) is 18.8. The van der Waals surface area contributed by atoms with Crippen molar-refractivity contribution in [3.63, 3.8) is 0 Å². The second-order valence-electron chi connectivity index (χ2n) is 9.28. The van der Waals surface area contributed by atoms with Gasteiger partial charge in [0, 0.05) is 24.2 Å². The van der Waals surface area contributed by atoms with E-state index in [-0.39, 0.29) is 11.5 Å². The van der Waals surface area contributed by atoms with Crippen LogP contribution in [0.2, 0.25) is 0 Å². The van der Waals surface area contributed by atoms with E-state index in [0.717, 1.165) is 60.2 Å². The number of rotatable bonds is 10. The van der Waals surface area contributed by atoms with Crippen LogP contribution in [-0.2, 0) is 23.9 Å². The summed E-state index contributed by atoms with van der Waals surface area (Å²) in [5, 5.41) is 5.70. The number of nitrogens with one attached hydrogen (secondary N) is 2. The molecule has 4 nitrogen and oxygen atoms in total. The molecule has 0 unspecified atom stereocenters. The predicted molar refractivity (Wildman–Crippen MR) is 147 cm³/mol. The largest absolute Gasteiger partial charge is 0.416 e. The average molecular weight is 531 g/mol. The van der Waals surface area contributed by atoms with Gasteiger partial charge in [0.05, 0.1) is 5.56 Å². The van der Waals surface area contributed by atoms with E-state index < -0.39 is 17.6 Å². The molecule has 7 heteroatoms. The van der Waals surface area contributed by atoms with Crippen LogP contribution in [0.3, 0.4) is 0 Å². The fraction of sp³-hybridized carbons (Fsp3) is 0.188. The Hall–Kier alpha value is -4.39. The van der Waals surface area contributed by atoms with Gasteiger partial charge in [0.2, 0.25) is 5.91 Å². The molecule has 2 amide bonds. The van der Waals surface area contributed by atoms with E-state index in [9.17, 15) is 22.8 Å². The molecule has 0 aromatic heterocycles. The molecule has 0 atom stereocenters. The number of alkyl halides is 3. The minimum atomic E-state index is -4.45. The van der Waals surface area contributed by atoms with Gasteiger partial charge in [-0.3, -0.25) is 9.59 Å². The first kappa shape index (κ1) is 27.6. The summed E-state index contributed by atoms with van der Waals surface area (Å²) in [6.07, 6.45) is -1.18. The summed E-state index contributed by atoms with van der Waals surface area (Å²) in [7, 11) is 0. The highest BCUT2D eigenvalue weighted by Gasteiger charge is 2.30. The van der Waals surface area contributed by atoms with Crippen LogP contribution >= 0.6 is 0 Å². The van der Waals surface area contributed by atoms with Gasteiger partial charge in [-0.2, -0.15) is 13.2 Å². The van der Waals surface area contributed by atoms with Crippen molar-refractivity contribution < 1.29 is 22.8 Å². The Labute approximate surface area is 225 Å². The summed E-state index contributed by atoms with van der Waals surface area (Å²) < 4.78 is 38.3. The van der Waals surface area contributed by atoms with Crippen molar-refractivity contribution in [1.29, 1.82) is 0 Å². The Kier molecular flexibility index (Phi) is 9.15. The Morgan fingerprint density at radius 1 is 0.692 bits per heavy atom. The third-order valence-electron chi connectivity index (χ3n) is 6.33. The maximum Gasteiger partial charge on any atom is 0.416 e. The van der Waals surface area contributed by atoms with E-state index in [4.69, 9.17) is 0 Å². The SMILES string of the molecule is O=C(CCCCc1ccccc1)NCc1ccc(-c2cccc(NC(=O)c3ccc(C(F)(F)F)cc3)c2)cc1. The van der Waals surface area contributed by atoms with E-state index >= 15 is 0 Å². The molecule has 0 heterocycles. The fourth-order valence-corrected chi connectivity index (χ4v) is 4.15. The molecule has 0 aliphatic rings. The molecule has 0 saturated heterocycles.